The van der Waals surface area contributed by atoms with Gasteiger partial charge in [-0.2, -0.15) is 0 Å². The summed E-state index contributed by atoms with van der Waals surface area (Å²) in [5.74, 6) is 7.44. The van der Waals surface area contributed by atoms with Crippen LogP contribution in [0.15, 0.2) is 40.1 Å². The van der Waals surface area contributed by atoms with Crippen LogP contribution in [0.1, 0.15) is 30.5 Å². The van der Waals surface area contributed by atoms with E-state index in [1.54, 1.807) is 11.8 Å². The van der Waals surface area contributed by atoms with E-state index in [9.17, 15) is 4.79 Å². The topological polar surface area (TPSA) is 68.2 Å². The fourth-order valence-electron chi connectivity index (χ4n) is 3.36. The van der Waals surface area contributed by atoms with Crippen LogP contribution >= 0.6 is 11.8 Å². The van der Waals surface area contributed by atoms with Gasteiger partial charge in [0.1, 0.15) is 11.5 Å². The van der Waals surface area contributed by atoms with E-state index in [1.807, 2.05) is 38.1 Å². The summed E-state index contributed by atoms with van der Waals surface area (Å²) in [6.45, 7) is 12.5. The molecule has 34 heavy (non-hydrogen) atoms. The summed E-state index contributed by atoms with van der Waals surface area (Å²) in [6.07, 6.45) is 0. The van der Waals surface area contributed by atoms with E-state index in [1.165, 1.54) is 0 Å². The number of rotatable bonds is 9. The van der Waals surface area contributed by atoms with E-state index in [2.05, 4.69) is 36.7 Å². The Kier molecular flexibility index (Phi) is 9.70. The van der Waals surface area contributed by atoms with Gasteiger partial charge in [-0.25, -0.2) is 4.79 Å². The molecule has 6 nitrogen and oxygen atoms in total. The van der Waals surface area contributed by atoms with Gasteiger partial charge < -0.3 is 19.3 Å². The summed E-state index contributed by atoms with van der Waals surface area (Å²) in [5.41, 5.74) is 2.84. The minimum atomic E-state index is -0.990. The molecule has 0 bridgehead atoms. The van der Waals surface area contributed by atoms with E-state index < -0.39 is 5.97 Å². The molecule has 1 fully saturated rings. The number of aliphatic carboxylic acids is 1. The van der Waals surface area contributed by atoms with Crippen molar-refractivity contribution in [3.8, 4) is 23.3 Å². The molecule has 7 heteroatoms. The largest absolute Gasteiger partial charge is 0.493 e. The van der Waals surface area contributed by atoms with Crippen molar-refractivity contribution < 1.29 is 24.1 Å². The van der Waals surface area contributed by atoms with E-state index >= 15 is 0 Å². The van der Waals surface area contributed by atoms with Crippen molar-refractivity contribution in [3.63, 3.8) is 0 Å². The molecule has 1 heterocycles. The predicted molar refractivity (Wildman–Crippen MR) is 134 cm³/mol. The van der Waals surface area contributed by atoms with Crippen LogP contribution in [0.3, 0.4) is 0 Å². The minimum Gasteiger partial charge on any atom is -0.493 e. The van der Waals surface area contributed by atoms with Gasteiger partial charge in [-0.15, -0.1) is 0 Å². The zero-order valence-corrected chi connectivity index (χ0v) is 21.2. The highest BCUT2D eigenvalue weighted by atomic mass is 32.2. The monoisotopic (exact) mass is 483 g/mol. The maximum absolute atomic E-state index is 10.8. The molecule has 1 saturated heterocycles. The number of hydrogen-bond acceptors (Lipinski definition) is 6. The van der Waals surface area contributed by atoms with Crippen LogP contribution in [-0.2, 0) is 9.53 Å². The molecule has 0 radical (unpaired) electrons. The molecule has 0 aliphatic carbocycles. The van der Waals surface area contributed by atoms with Crippen LogP contribution in [0.4, 0.5) is 0 Å². The fraction of sp³-hybridized carbons (Fsp3) is 0.444. The third-order valence-corrected chi connectivity index (χ3v) is 6.29. The van der Waals surface area contributed by atoms with Crippen LogP contribution in [0.5, 0.6) is 11.5 Å². The van der Waals surface area contributed by atoms with Gasteiger partial charge in [-0.1, -0.05) is 37.5 Å². The van der Waals surface area contributed by atoms with Crippen molar-refractivity contribution in [3.05, 3.63) is 47.0 Å². The van der Waals surface area contributed by atoms with Crippen molar-refractivity contribution >= 4 is 17.7 Å². The lowest BCUT2D eigenvalue weighted by Gasteiger charge is -2.24. The Bertz CT molecular complexity index is 1050. The SMILES string of the molecule is Cc1cc(Sc2cc(C#CCN3CCOCC3)cc(OCC(C)C)c2)c(C)cc1OCC(=O)O. The van der Waals surface area contributed by atoms with Gasteiger partial charge in [0.2, 0.25) is 0 Å². The lowest BCUT2D eigenvalue weighted by Crippen LogP contribution is -2.36. The summed E-state index contributed by atoms with van der Waals surface area (Å²) in [5, 5.41) is 8.89. The number of carboxylic acids is 1. The molecule has 3 rings (SSSR count). The highest BCUT2D eigenvalue weighted by molar-refractivity contribution is 7.99. The molecule has 182 valence electrons. The second kappa shape index (κ2) is 12.7. The lowest BCUT2D eigenvalue weighted by molar-refractivity contribution is -0.139. The van der Waals surface area contributed by atoms with Crippen LogP contribution in [-0.4, -0.2) is 62.0 Å². The van der Waals surface area contributed by atoms with Crippen molar-refractivity contribution in [2.75, 3.05) is 46.1 Å². The molecule has 2 aromatic carbocycles. The summed E-state index contributed by atoms with van der Waals surface area (Å²) < 4.78 is 16.8. The molecular weight excluding hydrogens is 450 g/mol. The first kappa shape index (κ1) is 26.0. The quantitative estimate of drug-likeness (QED) is 0.521. The molecule has 1 aliphatic heterocycles. The number of carboxylic acid groups (broad SMARTS) is 1. The summed E-state index contributed by atoms with van der Waals surface area (Å²) in [4.78, 5) is 15.3. The number of carbonyl (C=O) groups is 1. The van der Waals surface area contributed by atoms with Gasteiger partial charge in [-0.3, -0.25) is 4.90 Å². The van der Waals surface area contributed by atoms with Gasteiger partial charge in [0.05, 0.1) is 26.4 Å². The van der Waals surface area contributed by atoms with Crippen molar-refractivity contribution in [2.24, 2.45) is 5.92 Å². The summed E-state index contributed by atoms with van der Waals surface area (Å²) in [6, 6.07) is 10.1. The third kappa shape index (κ3) is 8.28. The van der Waals surface area contributed by atoms with Crippen LogP contribution in [0.25, 0.3) is 0 Å². The van der Waals surface area contributed by atoms with Crippen molar-refractivity contribution in [2.45, 2.75) is 37.5 Å². The predicted octanol–water partition coefficient (Wildman–Crippen LogP) is 4.64. The Morgan fingerprint density at radius 1 is 1.12 bits per heavy atom. The zero-order valence-electron chi connectivity index (χ0n) is 20.3. The zero-order chi connectivity index (χ0) is 24.5. The van der Waals surface area contributed by atoms with Crippen LogP contribution < -0.4 is 9.47 Å². The molecule has 0 aromatic heterocycles. The van der Waals surface area contributed by atoms with Gasteiger partial charge in [-0.05, 0) is 61.2 Å². The number of nitrogens with zero attached hydrogens (tertiary/aromatic N) is 1. The first-order chi connectivity index (χ1) is 16.3. The molecule has 0 atom stereocenters. The number of morpholine rings is 1. The van der Waals surface area contributed by atoms with Crippen molar-refractivity contribution in [1.82, 2.24) is 4.90 Å². The Hall–Kier alpha value is -2.66. The summed E-state index contributed by atoms with van der Waals surface area (Å²) in [7, 11) is 0. The molecule has 2 aromatic rings. The Labute approximate surface area is 206 Å². The van der Waals surface area contributed by atoms with E-state index in [0.717, 1.165) is 65.1 Å². The average Bonchev–Trinajstić information content (AvgIpc) is 2.79. The fourth-order valence-corrected chi connectivity index (χ4v) is 4.43. The number of hydrogen-bond donors (Lipinski definition) is 1. The standard InChI is InChI=1S/C27H33NO5S/c1-19(2)17-32-23-14-22(6-5-7-28-8-10-31-11-9-28)15-24(16-23)34-26-13-20(3)25(12-21(26)4)33-18-27(29)30/h12-16,19H,7-11,17-18H2,1-4H3,(H,29,30). The van der Waals surface area contributed by atoms with Gasteiger partial charge in [0.25, 0.3) is 0 Å². The number of ether oxygens (including phenoxy) is 3. The van der Waals surface area contributed by atoms with Gasteiger partial charge >= 0.3 is 5.97 Å². The Balaban J connectivity index is 1.80. The molecule has 0 spiro atoms. The average molecular weight is 484 g/mol. The molecule has 0 saturated carbocycles. The first-order valence-corrected chi connectivity index (χ1v) is 12.3. The summed E-state index contributed by atoms with van der Waals surface area (Å²) >= 11 is 1.64. The van der Waals surface area contributed by atoms with E-state index in [-0.39, 0.29) is 6.61 Å². The molecule has 0 amide bonds. The maximum Gasteiger partial charge on any atom is 0.341 e. The van der Waals surface area contributed by atoms with Crippen molar-refractivity contribution in [1.29, 1.82) is 0 Å². The highest BCUT2D eigenvalue weighted by Gasteiger charge is 2.11. The maximum atomic E-state index is 10.8. The highest BCUT2D eigenvalue weighted by Crippen LogP contribution is 2.36. The van der Waals surface area contributed by atoms with Crippen LogP contribution in [0, 0.1) is 31.6 Å². The van der Waals surface area contributed by atoms with Crippen LogP contribution in [0.2, 0.25) is 0 Å². The molecule has 1 aliphatic rings. The number of benzene rings is 2. The van der Waals surface area contributed by atoms with Gasteiger partial charge in [0.15, 0.2) is 6.61 Å². The third-order valence-electron chi connectivity index (χ3n) is 5.15. The second-order valence-corrected chi connectivity index (χ2v) is 9.87. The Morgan fingerprint density at radius 3 is 2.59 bits per heavy atom. The molecule has 0 unspecified atom stereocenters. The Morgan fingerprint density at radius 2 is 1.88 bits per heavy atom. The van der Waals surface area contributed by atoms with Gasteiger partial charge in [0, 0.05) is 28.4 Å². The van der Waals surface area contributed by atoms with E-state index in [4.69, 9.17) is 19.3 Å². The first-order valence-electron chi connectivity index (χ1n) is 11.5. The van der Waals surface area contributed by atoms with E-state index in [0.29, 0.717) is 18.3 Å². The molecular formula is C27H33NO5S. The molecule has 1 N–H and O–H groups in total. The lowest BCUT2D eigenvalue weighted by atomic mass is 10.1. The smallest absolute Gasteiger partial charge is 0.341 e. The second-order valence-electron chi connectivity index (χ2n) is 8.76. The number of aryl methyl sites for hydroxylation is 2. The minimum absolute atomic E-state index is 0.353. The normalized spacial score (nSPS) is 13.9.